The predicted molar refractivity (Wildman–Crippen MR) is 124 cm³/mol. The van der Waals surface area contributed by atoms with Crippen molar-refractivity contribution in [3.63, 3.8) is 0 Å². The predicted octanol–water partition coefficient (Wildman–Crippen LogP) is 4.61. The lowest BCUT2D eigenvalue weighted by Crippen LogP contribution is -2.27. The van der Waals surface area contributed by atoms with Gasteiger partial charge in [-0.25, -0.2) is 27.1 Å². The number of hydrogen-bond acceptors (Lipinski definition) is 5. The number of halogens is 1. The number of aromatic nitrogens is 2. The second kappa shape index (κ2) is 10.3. The first kappa shape index (κ1) is 24.9. The van der Waals surface area contributed by atoms with E-state index in [9.17, 15) is 17.9 Å². The van der Waals surface area contributed by atoms with Crippen LogP contribution in [0.25, 0.3) is 17.3 Å². The quantitative estimate of drug-likeness (QED) is 0.604. The Kier molecular flexibility index (Phi) is 8.31. The Hall–Kier alpha value is -2.32. The molecule has 31 heavy (non-hydrogen) atoms. The SMILES string of the molecule is CCC(C)C[C@H](O)/C=C/c1c(-c2ccc(F)cc2)nc(N(C)S(C)(=O)=O)nc1C(C)C. The third kappa shape index (κ3) is 6.58. The van der Waals surface area contributed by atoms with E-state index in [0.717, 1.165) is 17.0 Å². The fourth-order valence-electron chi connectivity index (χ4n) is 3.06. The van der Waals surface area contributed by atoms with E-state index in [4.69, 9.17) is 0 Å². The summed E-state index contributed by atoms with van der Waals surface area (Å²) in [6, 6.07) is 5.85. The van der Waals surface area contributed by atoms with E-state index in [1.165, 1.54) is 19.2 Å². The van der Waals surface area contributed by atoms with E-state index in [2.05, 4.69) is 23.8 Å². The number of hydrogen-bond donors (Lipinski definition) is 1. The number of benzene rings is 1. The molecular weight excluding hydrogens is 417 g/mol. The maximum atomic E-state index is 13.5. The van der Waals surface area contributed by atoms with Crippen LogP contribution in [0.3, 0.4) is 0 Å². The van der Waals surface area contributed by atoms with Crippen LogP contribution in [-0.4, -0.2) is 42.9 Å². The van der Waals surface area contributed by atoms with Gasteiger partial charge in [0, 0.05) is 18.2 Å². The number of nitrogens with zero attached hydrogens (tertiary/aromatic N) is 3. The zero-order chi connectivity index (χ0) is 23.3. The van der Waals surface area contributed by atoms with Gasteiger partial charge in [0.05, 0.1) is 23.7 Å². The molecule has 0 bridgehead atoms. The zero-order valence-corrected chi connectivity index (χ0v) is 19.8. The Balaban J connectivity index is 2.69. The molecule has 1 aromatic heterocycles. The second-order valence-electron chi connectivity index (χ2n) is 8.24. The average Bonchev–Trinajstić information content (AvgIpc) is 2.70. The molecule has 6 nitrogen and oxygen atoms in total. The summed E-state index contributed by atoms with van der Waals surface area (Å²) in [5.74, 6) is 0.00218. The fourth-order valence-corrected chi connectivity index (χ4v) is 3.44. The summed E-state index contributed by atoms with van der Waals surface area (Å²) in [4.78, 5) is 9.04. The zero-order valence-electron chi connectivity index (χ0n) is 19.0. The molecule has 8 heteroatoms. The average molecular weight is 450 g/mol. The van der Waals surface area contributed by atoms with Gasteiger partial charge in [-0.2, -0.15) is 0 Å². The standard InChI is InChI=1S/C23H32FN3O3S/c1-7-16(4)14-19(28)12-13-20-21(15(2)3)25-23(27(5)31(6,29)30)26-22(20)17-8-10-18(24)11-9-17/h8-13,15-16,19,28H,7,14H2,1-6H3/b13-12+/t16?,19-/m1/s1. The summed E-state index contributed by atoms with van der Waals surface area (Å²) in [6.07, 6.45) is 5.55. The van der Waals surface area contributed by atoms with Crippen molar-refractivity contribution in [1.29, 1.82) is 0 Å². The molecular formula is C23H32FN3O3S. The van der Waals surface area contributed by atoms with Crippen molar-refractivity contribution in [3.8, 4) is 11.3 Å². The lowest BCUT2D eigenvalue weighted by atomic mass is 9.96. The topological polar surface area (TPSA) is 83.4 Å². The maximum absolute atomic E-state index is 13.5. The third-order valence-corrected chi connectivity index (χ3v) is 6.39. The normalized spacial score (nSPS) is 14.2. The molecule has 0 fully saturated rings. The molecule has 1 heterocycles. The van der Waals surface area contributed by atoms with Gasteiger partial charge in [-0.05, 0) is 42.5 Å². The smallest absolute Gasteiger partial charge is 0.239 e. The summed E-state index contributed by atoms with van der Waals surface area (Å²) >= 11 is 0. The first-order valence-corrected chi connectivity index (χ1v) is 12.3. The van der Waals surface area contributed by atoms with Crippen molar-refractivity contribution in [1.82, 2.24) is 9.97 Å². The van der Waals surface area contributed by atoms with Gasteiger partial charge in [-0.15, -0.1) is 0 Å². The van der Waals surface area contributed by atoms with Crippen LogP contribution in [0.4, 0.5) is 10.3 Å². The number of rotatable bonds is 9. The van der Waals surface area contributed by atoms with Crippen LogP contribution in [0, 0.1) is 11.7 Å². The Labute approximate surface area is 184 Å². The first-order chi connectivity index (χ1) is 14.4. The third-order valence-electron chi connectivity index (χ3n) is 5.23. The van der Waals surface area contributed by atoms with E-state index in [1.807, 2.05) is 13.8 Å². The Bertz CT molecular complexity index is 1020. The highest BCUT2D eigenvalue weighted by Gasteiger charge is 2.22. The molecule has 2 aromatic rings. The van der Waals surface area contributed by atoms with E-state index in [-0.39, 0.29) is 17.7 Å². The van der Waals surface area contributed by atoms with Gasteiger partial charge in [0.2, 0.25) is 16.0 Å². The lowest BCUT2D eigenvalue weighted by molar-refractivity contribution is 0.190. The van der Waals surface area contributed by atoms with Crippen LogP contribution >= 0.6 is 0 Å². The molecule has 0 spiro atoms. The van der Waals surface area contributed by atoms with Crippen molar-refractivity contribution in [2.24, 2.45) is 5.92 Å². The fraction of sp³-hybridized carbons (Fsp3) is 0.478. The number of sulfonamides is 1. The molecule has 0 aliphatic carbocycles. The molecule has 0 aliphatic rings. The van der Waals surface area contributed by atoms with Crippen LogP contribution < -0.4 is 4.31 Å². The number of aliphatic hydroxyl groups excluding tert-OH is 1. The van der Waals surface area contributed by atoms with Crippen molar-refractivity contribution in [3.05, 3.63) is 47.4 Å². The highest BCUT2D eigenvalue weighted by molar-refractivity contribution is 7.92. The highest BCUT2D eigenvalue weighted by Crippen LogP contribution is 2.31. The van der Waals surface area contributed by atoms with E-state index in [1.54, 1.807) is 24.3 Å². The number of aliphatic hydroxyl groups is 1. The minimum atomic E-state index is -3.57. The van der Waals surface area contributed by atoms with Gasteiger partial charge >= 0.3 is 0 Å². The molecule has 170 valence electrons. The van der Waals surface area contributed by atoms with Gasteiger partial charge < -0.3 is 5.11 Å². The second-order valence-corrected chi connectivity index (χ2v) is 10.3. The monoisotopic (exact) mass is 449 g/mol. The van der Waals surface area contributed by atoms with Crippen LogP contribution in [0.2, 0.25) is 0 Å². The summed E-state index contributed by atoms with van der Waals surface area (Å²) in [6.45, 7) is 8.07. The Morgan fingerprint density at radius 2 is 1.77 bits per heavy atom. The van der Waals surface area contributed by atoms with Gasteiger partial charge in [0.15, 0.2) is 0 Å². The minimum absolute atomic E-state index is 0.0414. The minimum Gasteiger partial charge on any atom is -0.389 e. The largest absolute Gasteiger partial charge is 0.389 e. The van der Waals surface area contributed by atoms with Crippen molar-refractivity contribution in [2.75, 3.05) is 17.6 Å². The lowest BCUT2D eigenvalue weighted by Gasteiger charge is -2.20. The van der Waals surface area contributed by atoms with Gasteiger partial charge in [-0.3, -0.25) is 0 Å². The van der Waals surface area contributed by atoms with Gasteiger partial charge in [-0.1, -0.05) is 46.3 Å². The molecule has 0 aliphatic heterocycles. The summed E-state index contributed by atoms with van der Waals surface area (Å²) in [5, 5.41) is 10.4. The van der Waals surface area contributed by atoms with E-state index >= 15 is 0 Å². The first-order valence-electron chi connectivity index (χ1n) is 10.4. The van der Waals surface area contributed by atoms with E-state index < -0.39 is 16.1 Å². The summed E-state index contributed by atoms with van der Waals surface area (Å²) < 4.78 is 38.7. The highest BCUT2D eigenvalue weighted by atomic mass is 32.2. The van der Waals surface area contributed by atoms with Crippen molar-refractivity contribution >= 4 is 22.0 Å². The van der Waals surface area contributed by atoms with Gasteiger partial charge in [0.1, 0.15) is 5.82 Å². The van der Waals surface area contributed by atoms with Crippen molar-refractivity contribution in [2.45, 2.75) is 52.6 Å². The molecule has 1 unspecified atom stereocenters. The van der Waals surface area contributed by atoms with Crippen LogP contribution in [0.5, 0.6) is 0 Å². The van der Waals surface area contributed by atoms with E-state index in [0.29, 0.717) is 34.9 Å². The summed E-state index contributed by atoms with van der Waals surface area (Å²) in [5.41, 5.74) is 2.43. The molecule has 1 aromatic carbocycles. The number of anilines is 1. The molecule has 0 radical (unpaired) electrons. The van der Waals surface area contributed by atoms with Crippen LogP contribution in [-0.2, 0) is 10.0 Å². The maximum Gasteiger partial charge on any atom is 0.239 e. The molecule has 1 N–H and O–H groups in total. The summed E-state index contributed by atoms with van der Waals surface area (Å²) in [7, 11) is -2.17. The Morgan fingerprint density at radius 1 is 1.16 bits per heavy atom. The molecule has 0 amide bonds. The van der Waals surface area contributed by atoms with Crippen LogP contribution in [0.1, 0.15) is 57.7 Å². The molecule has 0 saturated heterocycles. The molecule has 2 atom stereocenters. The molecule has 0 saturated carbocycles. The Morgan fingerprint density at radius 3 is 2.29 bits per heavy atom. The van der Waals surface area contributed by atoms with Gasteiger partial charge in [0.25, 0.3) is 0 Å². The van der Waals surface area contributed by atoms with Crippen LogP contribution in [0.15, 0.2) is 30.3 Å². The molecule has 2 rings (SSSR count). The van der Waals surface area contributed by atoms with Crippen molar-refractivity contribution < 1.29 is 17.9 Å².